The predicted molar refractivity (Wildman–Crippen MR) is 68.7 cm³/mol. The summed E-state index contributed by atoms with van der Waals surface area (Å²) in [5, 5.41) is 0. The highest BCUT2D eigenvalue weighted by Gasteiger charge is 2.42. The summed E-state index contributed by atoms with van der Waals surface area (Å²) in [6.45, 7) is 0. The highest BCUT2D eigenvalue weighted by Crippen LogP contribution is 2.40. The predicted octanol–water partition coefficient (Wildman–Crippen LogP) is 3.71. The minimum atomic E-state index is -1.84. The Balaban J connectivity index is 1.89. The fraction of sp³-hybridized carbons (Fsp3) is 1.00. The molecule has 0 heterocycles. The highest BCUT2D eigenvalue weighted by molar-refractivity contribution is 6.67. The van der Waals surface area contributed by atoms with Gasteiger partial charge in [0.2, 0.25) is 0 Å². The summed E-state index contributed by atoms with van der Waals surface area (Å²) >= 11 is 0. The lowest BCUT2D eigenvalue weighted by Gasteiger charge is -2.36. The van der Waals surface area contributed by atoms with E-state index in [2.05, 4.69) is 0 Å². The summed E-state index contributed by atoms with van der Waals surface area (Å²) in [5.74, 6) is 1.81. The molecule has 0 radical (unpaired) electrons. The summed E-state index contributed by atoms with van der Waals surface area (Å²) in [6, 6.07) is 2.49. The van der Waals surface area contributed by atoms with E-state index in [9.17, 15) is 0 Å². The van der Waals surface area contributed by atoms with Crippen LogP contribution >= 0.6 is 0 Å². The zero-order valence-corrected chi connectivity index (χ0v) is 11.8. The van der Waals surface area contributed by atoms with Crippen molar-refractivity contribution in [2.45, 2.75) is 57.0 Å². The first-order valence-electron chi connectivity index (χ1n) is 6.88. The summed E-state index contributed by atoms with van der Waals surface area (Å²) in [5.41, 5.74) is 0. The van der Waals surface area contributed by atoms with E-state index in [-0.39, 0.29) is 0 Å². The lowest BCUT2D eigenvalue weighted by Crippen LogP contribution is -2.44. The smallest absolute Gasteiger partial charge is 0.338 e. The van der Waals surface area contributed by atoms with Crippen LogP contribution in [0.2, 0.25) is 12.1 Å². The lowest BCUT2D eigenvalue weighted by molar-refractivity contribution is 0.211. The van der Waals surface area contributed by atoms with Crippen molar-refractivity contribution in [2.75, 3.05) is 14.2 Å². The monoisotopic (exact) mass is 242 g/mol. The summed E-state index contributed by atoms with van der Waals surface area (Å²) in [6.07, 6.45) is 9.90. The first-order chi connectivity index (χ1) is 7.78. The molecule has 0 aromatic rings. The zero-order valence-electron chi connectivity index (χ0n) is 10.8. The lowest BCUT2D eigenvalue weighted by atomic mass is 9.87. The maximum absolute atomic E-state index is 5.87. The minimum absolute atomic E-state index is 0.895. The molecule has 0 aromatic heterocycles. The molecule has 0 saturated heterocycles. The Kier molecular flexibility index (Phi) is 4.45. The molecule has 0 aliphatic heterocycles. The average Bonchev–Trinajstić information content (AvgIpc) is 2.74. The van der Waals surface area contributed by atoms with Crippen molar-refractivity contribution in [1.29, 1.82) is 0 Å². The molecule has 0 spiro atoms. The zero-order chi connectivity index (χ0) is 11.4. The molecule has 0 bridgehead atoms. The van der Waals surface area contributed by atoms with E-state index < -0.39 is 8.56 Å². The molecule has 0 atom stereocenters. The molecule has 2 aliphatic carbocycles. The maximum atomic E-state index is 5.87. The van der Waals surface area contributed by atoms with Gasteiger partial charge in [0.1, 0.15) is 0 Å². The second kappa shape index (κ2) is 5.65. The number of hydrogen-bond donors (Lipinski definition) is 0. The van der Waals surface area contributed by atoms with Gasteiger partial charge in [0, 0.05) is 14.2 Å². The molecule has 2 aliphatic rings. The fourth-order valence-corrected chi connectivity index (χ4v) is 6.87. The van der Waals surface area contributed by atoms with Crippen molar-refractivity contribution in [3.05, 3.63) is 0 Å². The summed E-state index contributed by atoms with van der Waals surface area (Å²) in [7, 11) is 1.92. The van der Waals surface area contributed by atoms with Gasteiger partial charge in [-0.2, -0.15) is 0 Å². The molecule has 94 valence electrons. The molecule has 0 amide bonds. The van der Waals surface area contributed by atoms with Crippen LogP contribution < -0.4 is 0 Å². The van der Waals surface area contributed by atoms with E-state index in [4.69, 9.17) is 8.85 Å². The van der Waals surface area contributed by atoms with Crippen molar-refractivity contribution in [1.82, 2.24) is 0 Å². The van der Waals surface area contributed by atoms with Crippen LogP contribution in [0.1, 0.15) is 44.9 Å². The van der Waals surface area contributed by atoms with E-state index in [1.54, 1.807) is 0 Å². The molecular formula is C13H26O2Si. The van der Waals surface area contributed by atoms with Gasteiger partial charge in [0.15, 0.2) is 0 Å². The Morgan fingerprint density at radius 1 is 0.812 bits per heavy atom. The Labute approximate surface area is 101 Å². The largest absolute Gasteiger partial charge is 0.398 e. The van der Waals surface area contributed by atoms with Gasteiger partial charge in [-0.1, -0.05) is 44.9 Å². The fourth-order valence-electron chi connectivity index (χ4n) is 3.29. The molecule has 2 nitrogen and oxygen atoms in total. The quantitative estimate of drug-likeness (QED) is 0.661. The van der Waals surface area contributed by atoms with Crippen molar-refractivity contribution in [2.24, 2.45) is 11.8 Å². The van der Waals surface area contributed by atoms with E-state index in [1.165, 1.54) is 57.0 Å². The maximum Gasteiger partial charge on any atom is 0.338 e. The van der Waals surface area contributed by atoms with Crippen molar-refractivity contribution < 1.29 is 8.85 Å². The molecule has 2 fully saturated rings. The molecular weight excluding hydrogens is 216 g/mol. The Morgan fingerprint density at radius 2 is 1.25 bits per heavy atom. The number of rotatable bonds is 6. The minimum Gasteiger partial charge on any atom is -0.398 e. The first-order valence-corrected chi connectivity index (χ1v) is 9.11. The molecule has 0 N–H and O–H groups in total. The molecule has 16 heavy (non-hydrogen) atoms. The molecule has 2 saturated carbocycles. The SMILES string of the molecule is CO[Si](CC1CCCC1)(CC1CCC1)OC. The standard InChI is InChI=1S/C13H26O2Si/c1-14-16(15-2,11-13-8-5-9-13)10-12-6-3-4-7-12/h12-13H,3-11H2,1-2H3. The summed E-state index contributed by atoms with van der Waals surface area (Å²) < 4.78 is 11.7. The topological polar surface area (TPSA) is 18.5 Å². The van der Waals surface area contributed by atoms with Crippen LogP contribution in [0.4, 0.5) is 0 Å². The van der Waals surface area contributed by atoms with Crippen LogP contribution in [0.5, 0.6) is 0 Å². The van der Waals surface area contributed by atoms with Crippen molar-refractivity contribution in [3.8, 4) is 0 Å². The van der Waals surface area contributed by atoms with E-state index >= 15 is 0 Å². The Morgan fingerprint density at radius 3 is 1.56 bits per heavy atom. The summed E-state index contributed by atoms with van der Waals surface area (Å²) in [4.78, 5) is 0. The van der Waals surface area contributed by atoms with Crippen LogP contribution in [-0.4, -0.2) is 22.8 Å². The van der Waals surface area contributed by atoms with Crippen LogP contribution in [0.3, 0.4) is 0 Å². The third-order valence-corrected chi connectivity index (χ3v) is 8.53. The third-order valence-electron chi connectivity index (χ3n) is 4.64. The molecule has 3 heteroatoms. The second-order valence-electron chi connectivity index (χ2n) is 5.67. The van der Waals surface area contributed by atoms with Crippen LogP contribution in [0, 0.1) is 11.8 Å². The van der Waals surface area contributed by atoms with Gasteiger partial charge in [-0.05, 0) is 23.9 Å². The molecule has 0 aromatic carbocycles. The van der Waals surface area contributed by atoms with E-state index in [0.29, 0.717) is 0 Å². The Bertz CT molecular complexity index is 206. The second-order valence-corrected chi connectivity index (χ2v) is 9.13. The van der Waals surface area contributed by atoms with Gasteiger partial charge < -0.3 is 8.85 Å². The molecule has 0 unspecified atom stereocenters. The van der Waals surface area contributed by atoms with Gasteiger partial charge in [-0.25, -0.2) is 0 Å². The van der Waals surface area contributed by atoms with Gasteiger partial charge in [0.25, 0.3) is 0 Å². The van der Waals surface area contributed by atoms with Gasteiger partial charge >= 0.3 is 8.56 Å². The van der Waals surface area contributed by atoms with Gasteiger partial charge in [0.05, 0.1) is 0 Å². The van der Waals surface area contributed by atoms with E-state index in [1.807, 2.05) is 14.2 Å². The van der Waals surface area contributed by atoms with Crippen LogP contribution in [0.15, 0.2) is 0 Å². The highest BCUT2D eigenvalue weighted by atomic mass is 28.4. The first kappa shape index (κ1) is 12.6. The third kappa shape index (κ3) is 2.87. The average molecular weight is 242 g/mol. The van der Waals surface area contributed by atoms with Crippen molar-refractivity contribution in [3.63, 3.8) is 0 Å². The van der Waals surface area contributed by atoms with Gasteiger partial charge in [-0.15, -0.1) is 0 Å². The van der Waals surface area contributed by atoms with Crippen molar-refractivity contribution >= 4 is 8.56 Å². The normalized spacial score (nSPS) is 23.6. The number of hydrogen-bond acceptors (Lipinski definition) is 2. The van der Waals surface area contributed by atoms with Crippen LogP contribution in [0.25, 0.3) is 0 Å². The van der Waals surface area contributed by atoms with Crippen LogP contribution in [-0.2, 0) is 8.85 Å². The molecule has 2 rings (SSSR count). The Hall–Kier alpha value is 0.137. The van der Waals surface area contributed by atoms with E-state index in [0.717, 1.165) is 11.8 Å². The van der Waals surface area contributed by atoms with Gasteiger partial charge in [-0.3, -0.25) is 0 Å².